The van der Waals surface area contributed by atoms with Gasteiger partial charge >= 0.3 is 0 Å². The van der Waals surface area contributed by atoms with E-state index in [0.29, 0.717) is 29.1 Å². The quantitative estimate of drug-likeness (QED) is 0.680. The molecule has 0 spiro atoms. The van der Waals surface area contributed by atoms with Crippen LogP contribution in [0.2, 0.25) is 0 Å². The summed E-state index contributed by atoms with van der Waals surface area (Å²) in [6, 6.07) is 12.4. The fourth-order valence-electron chi connectivity index (χ4n) is 5.72. The molecule has 0 saturated heterocycles. The Morgan fingerprint density at radius 2 is 1.81 bits per heavy atom. The molecule has 1 fully saturated rings. The number of benzene rings is 2. The van der Waals surface area contributed by atoms with Crippen LogP contribution in [0.4, 0.5) is 0 Å². The van der Waals surface area contributed by atoms with Gasteiger partial charge < -0.3 is 9.47 Å². The molecule has 2 aromatic carbocycles. The first-order chi connectivity index (χ1) is 14.9. The number of ether oxygens (including phenoxy) is 2. The van der Waals surface area contributed by atoms with Gasteiger partial charge in [-0.1, -0.05) is 42.0 Å². The van der Waals surface area contributed by atoms with E-state index in [2.05, 4.69) is 0 Å². The van der Waals surface area contributed by atoms with Gasteiger partial charge in [0, 0.05) is 17.6 Å². The molecule has 31 heavy (non-hydrogen) atoms. The monoisotopic (exact) mass is 436 g/mol. The van der Waals surface area contributed by atoms with Crippen LogP contribution in [-0.2, 0) is 15.5 Å². The summed E-state index contributed by atoms with van der Waals surface area (Å²) in [7, 11) is 1.19. The summed E-state index contributed by atoms with van der Waals surface area (Å²) in [4.78, 5) is 28.8. The molecule has 5 atom stereocenters. The summed E-state index contributed by atoms with van der Waals surface area (Å²) >= 11 is 0. The number of methoxy groups -OCH3 is 2. The second-order valence-electron chi connectivity index (χ2n) is 8.53. The first-order valence-electron chi connectivity index (χ1n) is 10.4. The van der Waals surface area contributed by atoms with Gasteiger partial charge in [0.05, 0.1) is 29.4 Å². The van der Waals surface area contributed by atoms with Gasteiger partial charge in [0.2, 0.25) is 0 Å². The largest absolute Gasteiger partial charge is 0.496 e. The van der Waals surface area contributed by atoms with E-state index in [-0.39, 0.29) is 23.0 Å². The molecule has 4 aliphatic carbocycles. The van der Waals surface area contributed by atoms with E-state index in [1.54, 1.807) is 30.3 Å². The molecule has 160 valence electrons. The number of aryl methyl sites for hydroxylation is 1. The number of carbonyl (C=O) groups excluding carboxylic acids is 2. The molecule has 1 saturated carbocycles. The van der Waals surface area contributed by atoms with Crippen molar-refractivity contribution in [1.82, 2.24) is 0 Å². The predicted molar refractivity (Wildman–Crippen MR) is 117 cm³/mol. The third kappa shape index (κ3) is 2.43. The van der Waals surface area contributed by atoms with Gasteiger partial charge in [-0.3, -0.25) is 13.8 Å². The van der Waals surface area contributed by atoms with Crippen LogP contribution in [0.5, 0.6) is 5.75 Å². The number of carbonyl (C=O) groups is 2. The fourth-order valence-corrected chi connectivity index (χ4v) is 7.83. The Hall–Kier alpha value is -2.57. The zero-order valence-electron chi connectivity index (χ0n) is 17.7. The van der Waals surface area contributed by atoms with Crippen molar-refractivity contribution in [2.24, 2.45) is 11.8 Å². The topological polar surface area (TPSA) is 69.7 Å². The molecule has 6 heteroatoms. The summed E-state index contributed by atoms with van der Waals surface area (Å²) in [5, 5.41) is 0. The molecule has 0 N–H and O–H groups in total. The van der Waals surface area contributed by atoms with Crippen molar-refractivity contribution in [3.05, 3.63) is 71.3 Å². The van der Waals surface area contributed by atoms with Gasteiger partial charge in [-0.05, 0) is 43.9 Å². The second kappa shape index (κ2) is 6.97. The highest BCUT2D eigenvalue weighted by Crippen LogP contribution is 2.60. The molecule has 0 amide bonds. The van der Waals surface area contributed by atoms with Gasteiger partial charge in [0.1, 0.15) is 11.4 Å². The number of allylic oxidation sites excluding steroid dienone is 1. The lowest BCUT2D eigenvalue weighted by molar-refractivity contribution is -0.0558. The van der Waals surface area contributed by atoms with Crippen LogP contribution < -0.4 is 4.74 Å². The molecule has 0 aliphatic heterocycles. The molecule has 0 heterocycles. The van der Waals surface area contributed by atoms with Crippen molar-refractivity contribution >= 4 is 22.4 Å². The lowest BCUT2D eigenvalue weighted by atomic mass is 9.53. The predicted octanol–water partition coefficient (Wildman–Crippen LogP) is 3.91. The summed E-state index contributed by atoms with van der Waals surface area (Å²) < 4.78 is 24.3. The molecular formula is C25H24O5S. The van der Waals surface area contributed by atoms with Gasteiger partial charge in [-0.2, -0.15) is 0 Å². The zero-order chi connectivity index (χ0) is 22.0. The maximum Gasteiger partial charge on any atom is 0.190 e. The average Bonchev–Trinajstić information content (AvgIpc) is 2.82. The molecule has 5 nitrogen and oxygen atoms in total. The van der Waals surface area contributed by atoms with Gasteiger partial charge in [0.25, 0.3) is 0 Å². The highest BCUT2D eigenvalue weighted by molar-refractivity contribution is 7.87. The third-order valence-corrected chi connectivity index (χ3v) is 9.28. The van der Waals surface area contributed by atoms with E-state index in [4.69, 9.17) is 9.47 Å². The summed E-state index contributed by atoms with van der Waals surface area (Å²) in [5.74, 6) is -1.09. The number of Topliss-reactive ketones (excluding diaryl/α,β-unsaturated/α-hetero) is 2. The second-order valence-corrected chi connectivity index (χ2v) is 10.2. The highest BCUT2D eigenvalue weighted by Gasteiger charge is 2.73. The van der Waals surface area contributed by atoms with E-state index in [1.165, 1.54) is 14.2 Å². The Balaban J connectivity index is 1.85. The SMILES string of the molecule is COc1cccc2c1C(=O)[C@]1([S@@](=O)c3ccc(C)cc3)[C@H](C2=O)[C@@H]2C=C[C@@]1(OC)CC2. The smallest absolute Gasteiger partial charge is 0.190 e. The summed E-state index contributed by atoms with van der Waals surface area (Å²) in [6.45, 7) is 1.95. The van der Waals surface area contributed by atoms with Crippen LogP contribution in [0.15, 0.2) is 59.5 Å². The highest BCUT2D eigenvalue weighted by atomic mass is 32.2. The van der Waals surface area contributed by atoms with Crippen LogP contribution in [0.1, 0.15) is 39.1 Å². The maximum absolute atomic E-state index is 14.4. The van der Waals surface area contributed by atoms with E-state index < -0.39 is 27.1 Å². The molecule has 0 radical (unpaired) electrons. The van der Waals surface area contributed by atoms with E-state index in [9.17, 15) is 13.8 Å². The Bertz CT molecular complexity index is 1150. The number of hydrogen-bond acceptors (Lipinski definition) is 5. The van der Waals surface area contributed by atoms with Gasteiger partial charge in [-0.15, -0.1) is 0 Å². The van der Waals surface area contributed by atoms with Crippen LogP contribution in [0, 0.1) is 18.8 Å². The fraction of sp³-hybridized carbons (Fsp3) is 0.360. The molecule has 2 aromatic rings. The molecule has 2 bridgehead atoms. The summed E-state index contributed by atoms with van der Waals surface area (Å²) in [5.41, 5.74) is 0.453. The lowest BCUT2D eigenvalue weighted by Crippen LogP contribution is -2.74. The molecule has 4 aliphatic rings. The standard InChI is InChI=1S/C25H24O5S/c1-15-7-9-17(10-8-15)31(28)25-21(16-11-13-24(25,30-3)14-12-16)22(26)18-5-4-6-19(29-2)20(18)23(25)27/h4-11,13,16,21H,12,14H2,1-3H3/t16-,21+,24-,25-,31+/m1/s1. The number of rotatable bonds is 4. The van der Waals surface area contributed by atoms with Crippen molar-refractivity contribution in [3.8, 4) is 5.75 Å². The van der Waals surface area contributed by atoms with E-state index in [0.717, 1.165) is 5.56 Å². The minimum atomic E-state index is -1.82. The minimum Gasteiger partial charge on any atom is -0.496 e. The van der Waals surface area contributed by atoms with Gasteiger partial charge in [-0.25, -0.2) is 0 Å². The maximum atomic E-state index is 14.4. The Morgan fingerprint density at radius 1 is 1.06 bits per heavy atom. The lowest BCUT2D eigenvalue weighted by Gasteiger charge is -2.59. The minimum absolute atomic E-state index is 0.163. The van der Waals surface area contributed by atoms with Crippen LogP contribution >= 0.6 is 0 Å². The van der Waals surface area contributed by atoms with Crippen molar-refractivity contribution in [2.75, 3.05) is 14.2 Å². The van der Waals surface area contributed by atoms with Crippen molar-refractivity contribution in [3.63, 3.8) is 0 Å². The van der Waals surface area contributed by atoms with Crippen LogP contribution in [0.3, 0.4) is 0 Å². The molecule has 0 aromatic heterocycles. The Kier molecular flexibility index (Phi) is 4.57. The first-order valence-corrected chi connectivity index (χ1v) is 11.6. The van der Waals surface area contributed by atoms with Crippen molar-refractivity contribution in [2.45, 2.75) is 35.0 Å². The Morgan fingerprint density at radius 3 is 2.42 bits per heavy atom. The van der Waals surface area contributed by atoms with Crippen molar-refractivity contribution in [1.29, 1.82) is 0 Å². The Labute approximate surface area is 183 Å². The molecule has 0 unspecified atom stereocenters. The molecular weight excluding hydrogens is 412 g/mol. The van der Waals surface area contributed by atoms with E-state index >= 15 is 0 Å². The average molecular weight is 437 g/mol. The van der Waals surface area contributed by atoms with Crippen molar-refractivity contribution < 1.29 is 23.3 Å². The van der Waals surface area contributed by atoms with Crippen LogP contribution in [-0.4, -0.2) is 40.3 Å². The third-order valence-electron chi connectivity index (χ3n) is 7.21. The zero-order valence-corrected chi connectivity index (χ0v) is 18.5. The van der Waals surface area contributed by atoms with Gasteiger partial charge in [0.15, 0.2) is 16.3 Å². The number of fused-ring (bicyclic) bond motifs is 2. The van der Waals surface area contributed by atoms with Crippen LogP contribution in [0.25, 0.3) is 0 Å². The molecule has 6 rings (SSSR count). The number of hydrogen-bond donors (Lipinski definition) is 0. The normalized spacial score (nSPS) is 31.8. The summed E-state index contributed by atoms with van der Waals surface area (Å²) in [6.07, 6.45) is 5.08. The van der Waals surface area contributed by atoms with E-state index in [1.807, 2.05) is 31.2 Å². The number of ketones is 2. The first kappa shape index (κ1) is 20.3.